The largest absolute Gasteiger partial charge is 0.357 e. The van der Waals surface area contributed by atoms with Crippen molar-refractivity contribution in [2.45, 2.75) is 19.4 Å². The van der Waals surface area contributed by atoms with Gasteiger partial charge in [-0.3, -0.25) is 0 Å². The highest BCUT2D eigenvalue weighted by Crippen LogP contribution is 2.21. The lowest BCUT2D eigenvalue weighted by Crippen LogP contribution is -2.16. The molecular weight excluding hydrogens is 236 g/mol. The molecular formula is C15H18N4. The van der Waals surface area contributed by atoms with Crippen molar-refractivity contribution in [3.05, 3.63) is 53.7 Å². The highest BCUT2D eigenvalue weighted by molar-refractivity contribution is 5.81. The molecule has 0 aliphatic rings. The number of rotatable bonds is 3. The van der Waals surface area contributed by atoms with E-state index < -0.39 is 0 Å². The van der Waals surface area contributed by atoms with E-state index in [1.807, 2.05) is 17.8 Å². The van der Waals surface area contributed by atoms with E-state index in [4.69, 9.17) is 5.73 Å². The summed E-state index contributed by atoms with van der Waals surface area (Å²) in [4.78, 5) is 7.71. The SMILES string of the molecule is Cc1ccc2[nH]c(C(N)Cc3nccn3C)cc2c1. The Balaban J connectivity index is 1.89. The highest BCUT2D eigenvalue weighted by atomic mass is 15.0. The van der Waals surface area contributed by atoms with Crippen LogP contribution in [0.25, 0.3) is 10.9 Å². The Morgan fingerprint density at radius 1 is 1.37 bits per heavy atom. The van der Waals surface area contributed by atoms with Gasteiger partial charge in [-0.1, -0.05) is 11.6 Å². The molecule has 1 atom stereocenters. The van der Waals surface area contributed by atoms with Crippen LogP contribution >= 0.6 is 0 Å². The molecule has 0 aliphatic heterocycles. The second-order valence-electron chi connectivity index (χ2n) is 5.08. The Hall–Kier alpha value is -2.07. The minimum atomic E-state index is -0.0613. The summed E-state index contributed by atoms with van der Waals surface area (Å²) in [6.07, 6.45) is 4.47. The number of aromatic nitrogens is 3. The van der Waals surface area contributed by atoms with Crippen molar-refractivity contribution >= 4 is 10.9 Å². The molecule has 0 aliphatic carbocycles. The van der Waals surface area contributed by atoms with E-state index in [1.165, 1.54) is 10.9 Å². The van der Waals surface area contributed by atoms with Crippen molar-refractivity contribution in [1.29, 1.82) is 0 Å². The summed E-state index contributed by atoms with van der Waals surface area (Å²) < 4.78 is 2.01. The topological polar surface area (TPSA) is 59.6 Å². The number of nitrogens with zero attached hydrogens (tertiary/aromatic N) is 2. The summed E-state index contributed by atoms with van der Waals surface area (Å²) in [5, 5.41) is 1.21. The first-order valence-electron chi connectivity index (χ1n) is 6.44. The lowest BCUT2D eigenvalue weighted by molar-refractivity contribution is 0.648. The fraction of sp³-hybridized carbons (Fsp3) is 0.267. The first kappa shape index (κ1) is 12.0. The van der Waals surface area contributed by atoms with Gasteiger partial charge in [0.1, 0.15) is 5.82 Å². The molecule has 4 nitrogen and oxygen atoms in total. The van der Waals surface area contributed by atoms with Gasteiger partial charge in [0.2, 0.25) is 0 Å². The number of benzene rings is 1. The zero-order valence-corrected chi connectivity index (χ0v) is 11.2. The molecule has 3 N–H and O–H groups in total. The van der Waals surface area contributed by atoms with Crippen LogP contribution in [0.5, 0.6) is 0 Å². The summed E-state index contributed by atoms with van der Waals surface area (Å²) in [6.45, 7) is 2.10. The minimum absolute atomic E-state index is 0.0613. The number of nitrogens with two attached hydrogens (primary N) is 1. The van der Waals surface area contributed by atoms with E-state index in [0.717, 1.165) is 23.5 Å². The fourth-order valence-corrected chi connectivity index (χ4v) is 2.37. The molecule has 2 aromatic heterocycles. The van der Waals surface area contributed by atoms with Crippen LogP contribution in [0.1, 0.15) is 23.1 Å². The Morgan fingerprint density at radius 2 is 2.21 bits per heavy atom. The second-order valence-corrected chi connectivity index (χ2v) is 5.08. The normalized spacial score (nSPS) is 13.0. The quantitative estimate of drug-likeness (QED) is 0.754. The number of H-pyrrole nitrogens is 1. The third kappa shape index (κ3) is 2.27. The predicted octanol–water partition coefficient (Wildman–Crippen LogP) is 2.45. The molecule has 0 spiro atoms. The molecule has 0 radical (unpaired) electrons. The summed E-state index contributed by atoms with van der Waals surface area (Å²) in [7, 11) is 1.99. The maximum atomic E-state index is 6.27. The van der Waals surface area contributed by atoms with Gasteiger partial charge >= 0.3 is 0 Å². The second kappa shape index (κ2) is 4.55. The van der Waals surface area contributed by atoms with E-state index in [9.17, 15) is 0 Å². The third-order valence-corrected chi connectivity index (χ3v) is 3.52. The molecule has 19 heavy (non-hydrogen) atoms. The van der Waals surface area contributed by atoms with Crippen molar-refractivity contribution in [1.82, 2.24) is 14.5 Å². The Kier molecular flexibility index (Phi) is 2.87. The van der Waals surface area contributed by atoms with Crippen molar-refractivity contribution in [3.8, 4) is 0 Å². The Morgan fingerprint density at radius 3 is 2.95 bits per heavy atom. The molecule has 1 unspecified atom stereocenters. The number of hydrogen-bond acceptors (Lipinski definition) is 2. The first-order valence-corrected chi connectivity index (χ1v) is 6.44. The van der Waals surface area contributed by atoms with Crippen LogP contribution in [-0.2, 0) is 13.5 Å². The highest BCUT2D eigenvalue weighted by Gasteiger charge is 2.12. The molecule has 4 heteroatoms. The molecule has 0 bridgehead atoms. The van der Waals surface area contributed by atoms with Gasteiger partial charge in [0.15, 0.2) is 0 Å². The monoisotopic (exact) mass is 254 g/mol. The molecule has 1 aromatic carbocycles. The van der Waals surface area contributed by atoms with Crippen LogP contribution < -0.4 is 5.73 Å². The van der Waals surface area contributed by atoms with Crippen LogP contribution in [0.2, 0.25) is 0 Å². The molecule has 0 amide bonds. The van der Waals surface area contributed by atoms with Crippen molar-refractivity contribution in [3.63, 3.8) is 0 Å². The van der Waals surface area contributed by atoms with E-state index in [2.05, 4.69) is 41.2 Å². The molecule has 0 fully saturated rings. The fourth-order valence-electron chi connectivity index (χ4n) is 2.37. The van der Waals surface area contributed by atoms with Gasteiger partial charge in [0.25, 0.3) is 0 Å². The van der Waals surface area contributed by atoms with Gasteiger partial charge in [0, 0.05) is 37.1 Å². The smallest absolute Gasteiger partial charge is 0.110 e. The molecule has 2 heterocycles. The number of imidazole rings is 1. The zero-order valence-electron chi connectivity index (χ0n) is 11.2. The van der Waals surface area contributed by atoms with E-state index in [1.54, 1.807) is 6.20 Å². The van der Waals surface area contributed by atoms with Crippen LogP contribution in [0.15, 0.2) is 36.7 Å². The minimum Gasteiger partial charge on any atom is -0.357 e. The van der Waals surface area contributed by atoms with Crippen LogP contribution in [0.4, 0.5) is 0 Å². The third-order valence-electron chi connectivity index (χ3n) is 3.52. The van der Waals surface area contributed by atoms with E-state index in [0.29, 0.717) is 0 Å². The lowest BCUT2D eigenvalue weighted by Gasteiger charge is -2.09. The Labute approximate surface area is 112 Å². The number of hydrogen-bond donors (Lipinski definition) is 2. The summed E-state index contributed by atoms with van der Waals surface area (Å²) >= 11 is 0. The first-order chi connectivity index (χ1) is 9.13. The summed E-state index contributed by atoms with van der Waals surface area (Å²) in [6, 6.07) is 8.45. The van der Waals surface area contributed by atoms with Crippen LogP contribution in [0.3, 0.4) is 0 Å². The van der Waals surface area contributed by atoms with Gasteiger partial charge in [-0.2, -0.15) is 0 Å². The van der Waals surface area contributed by atoms with E-state index in [-0.39, 0.29) is 6.04 Å². The lowest BCUT2D eigenvalue weighted by atomic mass is 10.1. The molecule has 3 aromatic rings. The standard InChI is InChI=1S/C15H18N4/c1-10-3-4-13-11(7-10)8-14(18-13)12(16)9-15-17-5-6-19(15)2/h3-8,12,18H,9,16H2,1-2H3. The molecule has 0 saturated carbocycles. The number of aromatic amines is 1. The predicted molar refractivity (Wildman–Crippen MR) is 76.9 cm³/mol. The number of aryl methyl sites for hydroxylation is 2. The Bertz CT molecular complexity index is 708. The van der Waals surface area contributed by atoms with Gasteiger partial charge in [-0.15, -0.1) is 0 Å². The average molecular weight is 254 g/mol. The van der Waals surface area contributed by atoms with Gasteiger partial charge < -0.3 is 15.3 Å². The van der Waals surface area contributed by atoms with Crippen molar-refractivity contribution < 1.29 is 0 Å². The maximum Gasteiger partial charge on any atom is 0.110 e. The van der Waals surface area contributed by atoms with Gasteiger partial charge in [-0.25, -0.2) is 4.98 Å². The molecule has 3 rings (SSSR count). The molecule has 0 saturated heterocycles. The summed E-state index contributed by atoms with van der Waals surface area (Å²) in [5.74, 6) is 1.00. The summed E-state index contributed by atoms with van der Waals surface area (Å²) in [5.41, 5.74) is 9.73. The van der Waals surface area contributed by atoms with Crippen molar-refractivity contribution in [2.24, 2.45) is 12.8 Å². The number of fused-ring (bicyclic) bond motifs is 1. The maximum absolute atomic E-state index is 6.27. The average Bonchev–Trinajstić information content (AvgIpc) is 2.96. The molecule has 98 valence electrons. The van der Waals surface area contributed by atoms with Crippen LogP contribution in [0, 0.1) is 6.92 Å². The van der Waals surface area contributed by atoms with E-state index >= 15 is 0 Å². The zero-order chi connectivity index (χ0) is 13.4. The van der Waals surface area contributed by atoms with Crippen LogP contribution in [-0.4, -0.2) is 14.5 Å². The van der Waals surface area contributed by atoms with Gasteiger partial charge in [-0.05, 0) is 30.5 Å². The van der Waals surface area contributed by atoms with Crippen molar-refractivity contribution in [2.75, 3.05) is 0 Å². The van der Waals surface area contributed by atoms with Gasteiger partial charge in [0.05, 0.1) is 6.04 Å². The number of nitrogens with one attached hydrogen (secondary N) is 1.